The summed E-state index contributed by atoms with van der Waals surface area (Å²) in [5.74, 6) is 1.91. The van der Waals surface area contributed by atoms with Gasteiger partial charge in [0, 0.05) is 38.6 Å². The van der Waals surface area contributed by atoms with Crippen molar-refractivity contribution in [2.75, 3.05) is 0 Å². The maximum absolute atomic E-state index is 5.16. The summed E-state index contributed by atoms with van der Waals surface area (Å²) in [5, 5.41) is 2.15. The van der Waals surface area contributed by atoms with Crippen molar-refractivity contribution in [1.29, 1.82) is 0 Å². The minimum atomic E-state index is 0.632. The Kier molecular flexibility index (Phi) is 9.45. The largest absolute Gasteiger partial charge is 0.245 e. The molecule has 0 aliphatic rings. The SMILES string of the molecule is c1ccc(-c2ccc(-c3nc(-c4ccccc4)nc(-c4ccc(-c5ccc(-c6ccc(-c7ccc8ccc9ccc(-c%10ccccc%10)nc9c8n7)cc6)cc5)cc4)n3)cc2)cc1. The Bertz CT molecular complexity index is 3330. The average molecular weight is 792 g/mol. The lowest BCUT2D eigenvalue weighted by atomic mass is 9.98. The van der Waals surface area contributed by atoms with Crippen LogP contribution in [-0.4, -0.2) is 24.9 Å². The minimum absolute atomic E-state index is 0.632. The lowest BCUT2D eigenvalue weighted by Crippen LogP contribution is -2.00. The van der Waals surface area contributed by atoms with Crippen molar-refractivity contribution in [2.45, 2.75) is 0 Å². The van der Waals surface area contributed by atoms with Gasteiger partial charge in [0.1, 0.15) is 0 Å². The van der Waals surface area contributed by atoms with Crippen LogP contribution in [-0.2, 0) is 0 Å². The van der Waals surface area contributed by atoms with Gasteiger partial charge in [0.2, 0.25) is 0 Å². The van der Waals surface area contributed by atoms with Crippen molar-refractivity contribution in [1.82, 2.24) is 24.9 Å². The lowest BCUT2D eigenvalue weighted by molar-refractivity contribution is 1.07. The fourth-order valence-electron chi connectivity index (χ4n) is 7.99. The summed E-state index contributed by atoms with van der Waals surface area (Å²) in [6.07, 6.45) is 0. The molecule has 0 aliphatic heterocycles. The summed E-state index contributed by atoms with van der Waals surface area (Å²) < 4.78 is 0. The molecule has 0 fully saturated rings. The summed E-state index contributed by atoms with van der Waals surface area (Å²) in [6.45, 7) is 0. The maximum Gasteiger partial charge on any atom is 0.164 e. The van der Waals surface area contributed by atoms with E-state index in [1.54, 1.807) is 0 Å². The van der Waals surface area contributed by atoms with Crippen molar-refractivity contribution >= 4 is 21.8 Å². The number of hydrogen-bond acceptors (Lipinski definition) is 5. The number of benzene rings is 8. The van der Waals surface area contributed by atoms with Gasteiger partial charge in [-0.1, -0.05) is 212 Å². The highest BCUT2D eigenvalue weighted by Crippen LogP contribution is 2.32. The average Bonchev–Trinajstić information content (AvgIpc) is 3.37. The quantitative estimate of drug-likeness (QED) is 0.143. The first-order valence-corrected chi connectivity index (χ1v) is 20.7. The highest BCUT2D eigenvalue weighted by atomic mass is 15.0. The second kappa shape index (κ2) is 16.0. The molecule has 11 aromatic rings. The van der Waals surface area contributed by atoms with Crippen molar-refractivity contribution in [2.24, 2.45) is 0 Å². The molecule has 3 aromatic heterocycles. The zero-order chi connectivity index (χ0) is 41.2. The Hall–Kier alpha value is -8.41. The molecule has 290 valence electrons. The third-order valence-corrected chi connectivity index (χ3v) is 11.4. The van der Waals surface area contributed by atoms with E-state index >= 15 is 0 Å². The summed E-state index contributed by atoms with van der Waals surface area (Å²) in [6, 6.07) is 77.7. The highest BCUT2D eigenvalue weighted by Gasteiger charge is 2.14. The molecule has 3 heterocycles. The maximum atomic E-state index is 5.16. The Labute approximate surface area is 359 Å². The molecule has 8 aromatic carbocycles. The van der Waals surface area contributed by atoms with E-state index < -0.39 is 0 Å². The number of hydrogen-bond donors (Lipinski definition) is 0. The van der Waals surface area contributed by atoms with Gasteiger partial charge >= 0.3 is 0 Å². The van der Waals surface area contributed by atoms with Crippen molar-refractivity contribution < 1.29 is 0 Å². The van der Waals surface area contributed by atoms with Crippen LogP contribution in [0.25, 0.3) is 112 Å². The molecule has 0 unspecified atom stereocenters. The van der Waals surface area contributed by atoms with E-state index in [1.807, 2.05) is 54.6 Å². The van der Waals surface area contributed by atoms with Gasteiger partial charge in [-0.2, -0.15) is 0 Å². The molecular weight excluding hydrogens is 755 g/mol. The molecule has 62 heavy (non-hydrogen) atoms. The predicted octanol–water partition coefficient (Wildman–Crippen LogP) is 14.3. The fraction of sp³-hybridized carbons (Fsp3) is 0. The molecule has 5 heteroatoms. The second-order valence-corrected chi connectivity index (χ2v) is 15.3. The number of rotatable bonds is 8. The molecule has 0 N–H and O–H groups in total. The van der Waals surface area contributed by atoms with Gasteiger partial charge in [0.15, 0.2) is 17.5 Å². The zero-order valence-corrected chi connectivity index (χ0v) is 33.6. The number of fused-ring (bicyclic) bond motifs is 3. The third kappa shape index (κ3) is 7.29. The molecule has 11 rings (SSSR count). The summed E-state index contributed by atoms with van der Waals surface area (Å²) >= 11 is 0. The molecule has 0 spiro atoms. The Balaban J connectivity index is 0.838. The van der Waals surface area contributed by atoms with Crippen molar-refractivity contribution in [3.8, 4) is 90.1 Å². The van der Waals surface area contributed by atoms with E-state index in [1.165, 1.54) is 5.56 Å². The first-order chi connectivity index (χ1) is 30.7. The van der Waals surface area contributed by atoms with Crippen LogP contribution in [0.3, 0.4) is 0 Å². The predicted molar refractivity (Wildman–Crippen MR) is 254 cm³/mol. The Morgan fingerprint density at radius 1 is 0.177 bits per heavy atom. The number of pyridine rings is 2. The van der Waals surface area contributed by atoms with E-state index in [2.05, 4.69) is 170 Å². The number of aromatic nitrogens is 5. The van der Waals surface area contributed by atoms with Gasteiger partial charge in [0.25, 0.3) is 0 Å². The highest BCUT2D eigenvalue weighted by molar-refractivity contribution is 6.04. The van der Waals surface area contributed by atoms with Gasteiger partial charge in [-0.3, -0.25) is 0 Å². The normalized spacial score (nSPS) is 11.2. The van der Waals surface area contributed by atoms with E-state index in [0.717, 1.165) is 88.8 Å². The van der Waals surface area contributed by atoms with Crippen LogP contribution in [0.4, 0.5) is 0 Å². The molecule has 0 saturated carbocycles. The topological polar surface area (TPSA) is 64.5 Å². The van der Waals surface area contributed by atoms with Crippen LogP contribution in [0, 0.1) is 0 Å². The van der Waals surface area contributed by atoms with Crippen LogP contribution in [0.2, 0.25) is 0 Å². The van der Waals surface area contributed by atoms with Crippen LogP contribution in [0.5, 0.6) is 0 Å². The molecule has 0 radical (unpaired) electrons. The number of nitrogens with zero attached hydrogens (tertiary/aromatic N) is 5. The first-order valence-electron chi connectivity index (χ1n) is 20.7. The van der Waals surface area contributed by atoms with Gasteiger partial charge in [-0.25, -0.2) is 24.9 Å². The van der Waals surface area contributed by atoms with E-state index in [4.69, 9.17) is 24.9 Å². The van der Waals surface area contributed by atoms with Gasteiger partial charge in [-0.05, 0) is 45.5 Å². The molecule has 5 nitrogen and oxygen atoms in total. The molecule has 0 atom stereocenters. The minimum Gasteiger partial charge on any atom is -0.245 e. The molecule has 0 bridgehead atoms. The van der Waals surface area contributed by atoms with Gasteiger partial charge in [-0.15, -0.1) is 0 Å². The molecule has 0 saturated heterocycles. The second-order valence-electron chi connectivity index (χ2n) is 15.3. The van der Waals surface area contributed by atoms with Crippen LogP contribution < -0.4 is 0 Å². The van der Waals surface area contributed by atoms with E-state index in [0.29, 0.717) is 17.5 Å². The summed E-state index contributed by atoms with van der Waals surface area (Å²) in [5.41, 5.74) is 15.5. The van der Waals surface area contributed by atoms with Crippen molar-refractivity contribution in [3.05, 3.63) is 224 Å². The van der Waals surface area contributed by atoms with E-state index in [9.17, 15) is 0 Å². The first kappa shape index (κ1) is 36.7. The standard InChI is InChI=1S/C57H37N5/c1-4-10-38(11-5-1)39-22-30-49(31-23-39)56-60-55(48-14-8-3-9-15-48)61-57(62-56)50-32-24-43(25-33-50)41-18-16-40(17-19-41)42-20-26-45(27-21-42)52-37-35-47-29-28-46-34-36-51(44-12-6-2-7-13-44)58-53(46)54(47)59-52/h1-37H. The van der Waals surface area contributed by atoms with Crippen LogP contribution in [0.1, 0.15) is 0 Å². The Morgan fingerprint density at radius 2 is 0.419 bits per heavy atom. The van der Waals surface area contributed by atoms with Gasteiger partial charge < -0.3 is 0 Å². The zero-order valence-electron chi connectivity index (χ0n) is 33.6. The monoisotopic (exact) mass is 791 g/mol. The van der Waals surface area contributed by atoms with E-state index in [-0.39, 0.29) is 0 Å². The van der Waals surface area contributed by atoms with Gasteiger partial charge in [0.05, 0.1) is 22.4 Å². The molecule has 0 aliphatic carbocycles. The van der Waals surface area contributed by atoms with Crippen molar-refractivity contribution in [3.63, 3.8) is 0 Å². The molecular formula is C57H37N5. The fourth-order valence-corrected chi connectivity index (χ4v) is 7.99. The van der Waals surface area contributed by atoms with Crippen LogP contribution in [0.15, 0.2) is 224 Å². The summed E-state index contributed by atoms with van der Waals surface area (Å²) in [7, 11) is 0. The third-order valence-electron chi connectivity index (χ3n) is 11.4. The summed E-state index contributed by atoms with van der Waals surface area (Å²) in [4.78, 5) is 25.1. The molecule has 0 amide bonds. The Morgan fingerprint density at radius 3 is 0.790 bits per heavy atom. The lowest BCUT2D eigenvalue weighted by Gasteiger charge is -2.10. The van der Waals surface area contributed by atoms with Crippen LogP contribution >= 0.6 is 0 Å². The smallest absolute Gasteiger partial charge is 0.164 e.